The minimum atomic E-state index is -3.42. The lowest BCUT2D eigenvalue weighted by Gasteiger charge is -2.18. The molecular formula is C16H24N2O3S. The number of hydrogen-bond donors (Lipinski definition) is 0. The van der Waals surface area contributed by atoms with Gasteiger partial charge in [0, 0.05) is 12.5 Å². The standard InChI is InChI=1S/C16H24N2O3S/c1-12-9-10-18(16(19)13(2)22(3,20)21)15(11-12)17-14-7-5-4-6-8-14/h9-11,13-14H,4-8H2,1-3H3/t13-/m0/s1. The molecular weight excluding hydrogens is 300 g/mol. The first kappa shape index (κ1) is 16.9. The Balaban J connectivity index is 2.43. The number of sulfone groups is 1. The molecule has 2 rings (SSSR count). The van der Waals surface area contributed by atoms with Crippen LogP contribution < -0.4 is 5.49 Å². The van der Waals surface area contributed by atoms with E-state index in [9.17, 15) is 13.2 Å². The smallest absolute Gasteiger partial charge is 0.250 e. The van der Waals surface area contributed by atoms with Gasteiger partial charge < -0.3 is 0 Å². The summed E-state index contributed by atoms with van der Waals surface area (Å²) in [5, 5.41) is -1.07. The Morgan fingerprint density at radius 1 is 1.32 bits per heavy atom. The average molecular weight is 324 g/mol. The second-order valence-electron chi connectivity index (χ2n) is 6.16. The molecule has 1 heterocycles. The summed E-state index contributed by atoms with van der Waals surface area (Å²) in [7, 11) is -3.42. The Labute approximate surface area is 132 Å². The maximum Gasteiger partial charge on any atom is 0.250 e. The van der Waals surface area contributed by atoms with Gasteiger partial charge >= 0.3 is 0 Å². The van der Waals surface area contributed by atoms with E-state index in [0.29, 0.717) is 5.49 Å². The van der Waals surface area contributed by atoms with Crippen LogP contribution in [0.3, 0.4) is 0 Å². The van der Waals surface area contributed by atoms with Crippen molar-refractivity contribution in [3.8, 4) is 0 Å². The number of carbonyl (C=O) groups excluding carboxylic acids is 1. The summed E-state index contributed by atoms with van der Waals surface area (Å²) in [6, 6.07) is 3.87. The summed E-state index contributed by atoms with van der Waals surface area (Å²) in [6.45, 7) is 3.36. The number of hydrogen-bond acceptors (Lipinski definition) is 4. The van der Waals surface area contributed by atoms with Crippen LogP contribution in [-0.2, 0) is 9.84 Å². The minimum absolute atomic E-state index is 0.225. The molecule has 0 aliphatic heterocycles. The fraction of sp³-hybridized carbons (Fsp3) is 0.625. The lowest BCUT2D eigenvalue weighted by molar-refractivity contribution is 0.0907. The molecule has 1 atom stereocenters. The first-order chi connectivity index (χ1) is 10.3. The quantitative estimate of drug-likeness (QED) is 0.855. The van der Waals surface area contributed by atoms with Gasteiger partial charge in [-0.2, -0.15) is 0 Å². The molecule has 0 unspecified atom stereocenters. The Bertz CT molecular complexity index is 713. The molecule has 1 saturated carbocycles. The fourth-order valence-electron chi connectivity index (χ4n) is 2.65. The second-order valence-corrected chi connectivity index (χ2v) is 8.53. The third-order valence-electron chi connectivity index (χ3n) is 4.21. The maximum absolute atomic E-state index is 12.5. The van der Waals surface area contributed by atoms with E-state index in [2.05, 4.69) is 0 Å². The molecule has 122 valence electrons. The first-order valence-corrected chi connectivity index (χ1v) is 9.71. The predicted molar refractivity (Wildman–Crippen MR) is 86.5 cm³/mol. The number of pyridine rings is 1. The van der Waals surface area contributed by atoms with Gasteiger partial charge in [-0.25, -0.2) is 8.42 Å². The van der Waals surface area contributed by atoms with Crippen LogP contribution in [0.1, 0.15) is 49.4 Å². The van der Waals surface area contributed by atoms with Gasteiger partial charge in [0.15, 0.2) is 9.84 Å². The third kappa shape index (κ3) is 4.06. The predicted octanol–water partition coefficient (Wildman–Crippen LogP) is 2.10. The van der Waals surface area contributed by atoms with E-state index in [0.717, 1.165) is 37.5 Å². The van der Waals surface area contributed by atoms with Gasteiger partial charge in [0.05, 0.1) is 6.04 Å². The lowest BCUT2D eigenvalue weighted by Crippen LogP contribution is -2.38. The second kappa shape index (κ2) is 6.77. The van der Waals surface area contributed by atoms with Crippen molar-refractivity contribution in [3.05, 3.63) is 29.4 Å². The molecule has 0 N–H and O–H groups in total. The molecule has 1 aromatic rings. The molecule has 1 aliphatic carbocycles. The van der Waals surface area contributed by atoms with Crippen LogP contribution in [0.2, 0.25) is 0 Å². The number of rotatable bonds is 3. The van der Waals surface area contributed by atoms with Crippen LogP contribution in [0.5, 0.6) is 0 Å². The third-order valence-corrected chi connectivity index (χ3v) is 5.69. The number of carbonyl (C=O) groups is 1. The van der Waals surface area contributed by atoms with Crippen LogP contribution >= 0.6 is 0 Å². The molecule has 1 fully saturated rings. The first-order valence-electron chi connectivity index (χ1n) is 7.75. The summed E-state index contributed by atoms with van der Waals surface area (Å²) in [5.41, 5.74) is 1.57. The van der Waals surface area contributed by atoms with Crippen LogP contribution in [0, 0.1) is 6.92 Å². The maximum atomic E-state index is 12.5. The molecule has 22 heavy (non-hydrogen) atoms. The highest BCUT2D eigenvalue weighted by atomic mass is 32.2. The van der Waals surface area contributed by atoms with Crippen molar-refractivity contribution >= 4 is 15.7 Å². The molecule has 1 aliphatic rings. The molecule has 5 nitrogen and oxygen atoms in total. The Morgan fingerprint density at radius 3 is 2.55 bits per heavy atom. The van der Waals surface area contributed by atoms with Gasteiger partial charge in [-0.05, 0) is 44.4 Å². The van der Waals surface area contributed by atoms with Crippen molar-refractivity contribution < 1.29 is 13.2 Å². The molecule has 0 bridgehead atoms. The van der Waals surface area contributed by atoms with Crippen molar-refractivity contribution in [2.75, 3.05) is 6.26 Å². The van der Waals surface area contributed by atoms with E-state index in [1.165, 1.54) is 17.9 Å². The average Bonchev–Trinajstić information content (AvgIpc) is 2.46. The van der Waals surface area contributed by atoms with Gasteiger partial charge in [-0.15, -0.1) is 0 Å². The Hall–Kier alpha value is -1.43. The van der Waals surface area contributed by atoms with Crippen molar-refractivity contribution in [2.24, 2.45) is 4.99 Å². The summed E-state index contributed by atoms with van der Waals surface area (Å²) in [6.07, 6.45) is 8.34. The molecule has 0 saturated heterocycles. The highest BCUT2D eigenvalue weighted by Crippen LogP contribution is 2.19. The van der Waals surface area contributed by atoms with Crippen molar-refractivity contribution in [2.45, 2.75) is 57.2 Å². The van der Waals surface area contributed by atoms with E-state index < -0.39 is 21.0 Å². The molecule has 0 spiro atoms. The van der Waals surface area contributed by atoms with E-state index in [4.69, 9.17) is 4.99 Å². The zero-order valence-corrected chi connectivity index (χ0v) is 14.3. The molecule has 1 aromatic heterocycles. The summed E-state index contributed by atoms with van der Waals surface area (Å²) >= 11 is 0. The zero-order valence-electron chi connectivity index (χ0n) is 13.4. The molecule has 0 amide bonds. The van der Waals surface area contributed by atoms with Crippen LogP contribution in [0.25, 0.3) is 0 Å². The monoisotopic (exact) mass is 324 g/mol. The number of aryl methyl sites for hydroxylation is 1. The minimum Gasteiger partial charge on any atom is -0.273 e. The van der Waals surface area contributed by atoms with Gasteiger partial charge in [-0.1, -0.05) is 19.3 Å². The van der Waals surface area contributed by atoms with Crippen LogP contribution in [0.4, 0.5) is 0 Å². The highest BCUT2D eigenvalue weighted by Gasteiger charge is 2.25. The van der Waals surface area contributed by atoms with Crippen molar-refractivity contribution in [1.29, 1.82) is 0 Å². The van der Waals surface area contributed by atoms with Crippen LogP contribution in [-0.4, -0.2) is 36.4 Å². The van der Waals surface area contributed by atoms with Crippen LogP contribution in [0.15, 0.2) is 23.3 Å². The number of aromatic nitrogens is 1. The SMILES string of the molecule is Cc1ccn(C(=O)[C@H](C)S(C)(=O)=O)c(=NC2CCCCC2)c1. The van der Waals surface area contributed by atoms with Crippen molar-refractivity contribution in [1.82, 2.24) is 4.57 Å². The van der Waals surface area contributed by atoms with Gasteiger partial charge in [0.1, 0.15) is 10.7 Å². The Kier molecular flexibility index (Phi) is 5.21. The molecule has 0 radical (unpaired) electrons. The largest absolute Gasteiger partial charge is 0.273 e. The zero-order chi connectivity index (χ0) is 16.3. The number of nitrogens with zero attached hydrogens (tertiary/aromatic N) is 2. The highest BCUT2D eigenvalue weighted by molar-refractivity contribution is 7.92. The lowest BCUT2D eigenvalue weighted by atomic mass is 9.96. The molecule has 0 aromatic carbocycles. The summed E-state index contributed by atoms with van der Waals surface area (Å²) < 4.78 is 24.7. The van der Waals surface area contributed by atoms with Gasteiger partial charge in [0.2, 0.25) is 5.91 Å². The topological polar surface area (TPSA) is 68.5 Å². The summed E-state index contributed by atoms with van der Waals surface area (Å²) in [5.74, 6) is -0.447. The van der Waals surface area contributed by atoms with E-state index in [1.54, 1.807) is 12.3 Å². The van der Waals surface area contributed by atoms with Crippen molar-refractivity contribution in [3.63, 3.8) is 0 Å². The normalized spacial score (nSPS) is 19.1. The van der Waals surface area contributed by atoms with Gasteiger partial charge in [-0.3, -0.25) is 14.4 Å². The fourth-order valence-corrected chi connectivity index (χ4v) is 3.13. The Morgan fingerprint density at radius 2 is 1.95 bits per heavy atom. The van der Waals surface area contributed by atoms with Gasteiger partial charge in [0.25, 0.3) is 0 Å². The molecule has 6 heteroatoms. The van der Waals surface area contributed by atoms with E-state index in [-0.39, 0.29) is 6.04 Å². The van der Waals surface area contributed by atoms with E-state index >= 15 is 0 Å². The van der Waals surface area contributed by atoms with E-state index in [1.807, 2.05) is 13.0 Å². The summed E-state index contributed by atoms with van der Waals surface area (Å²) in [4.78, 5) is 17.2.